The number of hydrazone groups is 1. The van der Waals surface area contributed by atoms with Gasteiger partial charge in [-0.15, -0.1) is 11.3 Å². The third-order valence-corrected chi connectivity index (χ3v) is 5.54. The van der Waals surface area contributed by atoms with Crippen LogP contribution < -0.4 is 25.0 Å². The van der Waals surface area contributed by atoms with Gasteiger partial charge in [-0.05, 0) is 43.3 Å². The number of nitrogens with one attached hydrogen (secondary N) is 2. The Kier molecular flexibility index (Phi) is 7.09. The number of rotatable bonds is 8. The van der Waals surface area contributed by atoms with Crippen LogP contribution in [0.25, 0.3) is 10.1 Å². The molecule has 0 saturated carbocycles. The SMILES string of the molecule is COc1ccc2scc(C(C)=NNC(=O)CNC(=O)c3ccc(OC)c(OC)c3)c2c1. The summed E-state index contributed by atoms with van der Waals surface area (Å²) in [6.45, 7) is 1.59. The van der Waals surface area contributed by atoms with Gasteiger partial charge in [0.25, 0.3) is 11.8 Å². The monoisotopic (exact) mass is 441 g/mol. The minimum Gasteiger partial charge on any atom is -0.497 e. The predicted molar refractivity (Wildman–Crippen MR) is 121 cm³/mol. The van der Waals surface area contributed by atoms with Crippen molar-refractivity contribution in [3.63, 3.8) is 0 Å². The van der Waals surface area contributed by atoms with Crippen LogP contribution in [0.15, 0.2) is 46.9 Å². The Labute approximate surface area is 183 Å². The van der Waals surface area contributed by atoms with Crippen LogP contribution in [0.4, 0.5) is 0 Å². The Morgan fingerprint density at radius 3 is 2.48 bits per heavy atom. The number of carbonyl (C=O) groups is 2. The molecule has 2 N–H and O–H groups in total. The van der Waals surface area contributed by atoms with Gasteiger partial charge in [-0.2, -0.15) is 5.10 Å². The lowest BCUT2D eigenvalue weighted by Gasteiger charge is -2.09. The Morgan fingerprint density at radius 1 is 1.00 bits per heavy atom. The summed E-state index contributed by atoms with van der Waals surface area (Å²) in [6, 6.07) is 10.6. The smallest absolute Gasteiger partial charge is 0.259 e. The zero-order valence-electron chi connectivity index (χ0n) is 17.6. The number of ether oxygens (including phenoxy) is 3. The van der Waals surface area contributed by atoms with E-state index in [4.69, 9.17) is 14.2 Å². The number of amides is 2. The normalized spacial score (nSPS) is 11.2. The molecule has 0 radical (unpaired) electrons. The number of fused-ring (bicyclic) bond motifs is 1. The van der Waals surface area contributed by atoms with Gasteiger partial charge in [-0.1, -0.05) is 0 Å². The predicted octanol–water partition coefficient (Wildman–Crippen LogP) is 3.20. The van der Waals surface area contributed by atoms with Crippen molar-refractivity contribution >= 4 is 38.9 Å². The highest BCUT2D eigenvalue weighted by atomic mass is 32.1. The number of thiophene rings is 1. The number of nitrogens with zero attached hydrogens (tertiary/aromatic N) is 1. The molecule has 9 heteroatoms. The van der Waals surface area contributed by atoms with Crippen LogP contribution >= 0.6 is 11.3 Å². The van der Waals surface area contributed by atoms with E-state index in [1.807, 2.05) is 30.5 Å². The van der Waals surface area contributed by atoms with E-state index in [1.54, 1.807) is 36.6 Å². The van der Waals surface area contributed by atoms with Crippen LogP contribution in [-0.2, 0) is 4.79 Å². The molecule has 2 amide bonds. The molecule has 0 unspecified atom stereocenters. The quantitative estimate of drug-likeness (QED) is 0.413. The van der Waals surface area contributed by atoms with Gasteiger partial charge in [-0.25, -0.2) is 5.43 Å². The third kappa shape index (κ3) is 5.13. The van der Waals surface area contributed by atoms with Crippen molar-refractivity contribution in [2.45, 2.75) is 6.92 Å². The second-order valence-electron chi connectivity index (χ2n) is 6.50. The van der Waals surface area contributed by atoms with Gasteiger partial charge in [0, 0.05) is 26.6 Å². The molecular formula is C22H23N3O5S. The molecule has 8 nitrogen and oxygen atoms in total. The maximum atomic E-state index is 12.3. The van der Waals surface area contributed by atoms with E-state index in [-0.39, 0.29) is 6.54 Å². The summed E-state index contributed by atoms with van der Waals surface area (Å²) in [5.74, 6) is 0.847. The number of benzene rings is 2. The van der Waals surface area contributed by atoms with Crippen LogP contribution in [0.2, 0.25) is 0 Å². The Morgan fingerprint density at radius 2 is 1.77 bits per heavy atom. The van der Waals surface area contributed by atoms with E-state index in [0.29, 0.717) is 22.8 Å². The van der Waals surface area contributed by atoms with Gasteiger partial charge >= 0.3 is 0 Å². The van der Waals surface area contributed by atoms with Crippen LogP contribution in [0.5, 0.6) is 17.2 Å². The third-order valence-electron chi connectivity index (χ3n) is 4.57. The first kappa shape index (κ1) is 22.1. The zero-order valence-corrected chi connectivity index (χ0v) is 18.5. The summed E-state index contributed by atoms with van der Waals surface area (Å²) < 4.78 is 16.7. The number of carbonyl (C=O) groups excluding carboxylic acids is 2. The molecule has 0 aliphatic carbocycles. The summed E-state index contributed by atoms with van der Waals surface area (Å²) in [4.78, 5) is 24.5. The zero-order chi connectivity index (χ0) is 22.4. The number of hydrogen-bond acceptors (Lipinski definition) is 7. The molecule has 31 heavy (non-hydrogen) atoms. The van der Waals surface area contributed by atoms with Crippen molar-refractivity contribution < 1.29 is 23.8 Å². The van der Waals surface area contributed by atoms with Gasteiger partial charge < -0.3 is 19.5 Å². The van der Waals surface area contributed by atoms with Crippen LogP contribution in [-0.4, -0.2) is 45.4 Å². The first-order valence-corrected chi connectivity index (χ1v) is 10.2. The van der Waals surface area contributed by atoms with Gasteiger partial charge in [0.1, 0.15) is 5.75 Å². The van der Waals surface area contributed by atoms with Crippen molar-refractivity contribution in [1.82, 2.24) is 10.7 Å². The van der Waals surface area contributed by atoms with Crippen molar-refractivity contribution in [3.8, 4) is 17.2 Å². The summed E-state index contributed by atoms with van der Waals surface area (Å²) in [7, 11) is 4.62. The van der Waals surface area contributed by atoms with Crippen molar-refractivity contribution in [3.05, 3.63) is 52.9 Å². The first-order chi connectivity index (χ1) is 15.0. The Hall–Kier alpha value is -3.59. The largest absolute Gasteiger partial charge is 0.497 e. The van der Waals surface area contributed by atoms with Crippen molar-refractivity contribution in [1.29, 1.82) is 0 Å². The fourth-order valence-corrected chi connectivity index (χ4v) is 3.89. The summed E-state index contributed by atoms with van der Waals surface area (Å²) in [6.07, 6.45) is 0. The van der Waals surface area contributed by atoms with E-state index in [9.17, 15) is 9.59 Å². The molecule has 0 saturated heterocycles. The van der Waals surface area contributed by atoms with Crippen LogP contribution in [0.1, 0.15) is 22.8 Å². The lowest BCUT2D eigenvalue weighted by Crippen LogP contribution is -2.35. The number of methoxy groups -OCH3 is 3. The lowest BCUT2D eigenvalue weighted by molar-refractivity contribution is -0.120. The minimum absolute atomic E-state index is 0.220. The molecule has 0 aliphatic heterocycles. The summed E-state index contributed by atoms with van der Waals surface area (Å²) >= 11 is 1.59. The minimum atomic E-state index is -0.440. The molecule has 1 heterocycles. The molecule has 0 bridgehead atoms. The van der Waals surface area contributed by atoms with Crippen LogP contribution in [0, 0.1) is 0 Å². The topological polar surface area (TPSA) is 98.2 Å². The lowest BCUT2D eigenvalue weighted by atomic mass is 10.1. The second kappa shape index (κ2) is 9.94. The van der Waals surface area contributed by atoms with Gasteiger partial charge in [-0.3, -0.25) is 9.59 Å². The Balaban J connectivity index is 1.61. The van der Waals surface area contributed by atoms with E-state index in [1.165, 1.54) is 14.2 Å². The molecular weight excluding hydrogens is 418 g/mol. The van der Waals surface area contributed by atoms with Gasteiger partial charge in [0.05, 0.1) is 33.6 Å². The Bertz CT molecular complexity index is 1140. The second-order valence-corrected chi connectivity index (χ2v) is 7.41. The maximum Gasteiger partial charge on any atom is 0.259 e. The molecule has 1 aromatic heterocycles. The molecule has 0 fully saturated rings. The highest BCUT2D eigenvalue weighted by Crippen LogP contribution is 2.30. The summed E-state index contributed by atoms with van der Waals surface area (Å²) in [5, 5.41) is 9.71. The molecule has 0 atom stereocenters. The number of hydrogen-bond donors (Lipinski definition) is 2. The average molecular weight is 442 g/mol. The van der Waals surface area contributed by atoms with Crippen LogP contribution in [0.3, 0.4) is 0 Å². The van der Waals surface area contributed by atoms with E-state index in [2.05, 4.69) is 15.8 Å². The molecule has 3 aromatic rings. The fraction of sp³-hybridized carbons (Fsp3) is 0.227. The van der Waals surface area contributed by atoms with E-state index >= 15 is 0 Å². The molecule has 2 aromatic carbocycles. The highest BCUT2D eigenvalue weighted by molar-refractivity contribution is 7.17. The van der Waals surface area contributed by atoms with Crippen molar-refractivity contribution in [2.75, 3.05) is 27.9 Å². The van der Waals surface area contributed by atoms with Gasteiger partial charge in [0.15, 0.2) is 11.5 Å². The van der Waals surface area contributed by atoms with E-state index < -0.39 is 11.8 Å². The van der Waals surface area contributed by atoms with Crippen molar-refractivity contribution in [2.24, 2.45) is 5.10 Å². The fourth-order valence-electron chi connectivity index (χ4n) is 2.90. The first-order valence-electron chi connectivity index (χ1n) is 9.35. The average Bonchev–Trinajstić information content (AvgIpc) is 3.23. The van der Waals surface area contributed by atoms with Gasteiger partial charge in [0.2, 0.25) is 0 Å². The highest BCUT2D eigenvalue weighted by Gasteiger charge is 2.12. The standard InChI is InChI=1S/C22H23N3O5S/c1-13(17-12-31-20-8-6-15(28-2)10-16(17)20)24-25-21(26)11-23-22(27)14-5-7-18(29-3)19(9-14)30-4/h5-10,12H,11H2,1-4H3,(H,23,27)(H,25,26). The van der Waals surface area contributed by atoms with E-state index in [0.717, 1.165) is 21.4 Å². The molecule has 0 spiro atoms. The molecule has 0 aliphatic rings. The molecule has 3 rings (SSSR count). The summed E-state index contributed by atoms with van der Waals surface area (Å²) in [5.41, 5.74) is 4.39. The molecule has 162 valence electrons. The maximum absolute atomic E-state index is 12.3.